The standard InChI is InChI=1S/C23H26N4O2/c1-3-17-8-12-20(13-9-17)24-23(28)27-14-4-5-19(15-27)22-25-21(26-29-22)18-10-6-16(2)7-11-18/h6-13,19H,3-5,14-15H2,1-2H3,(H,24,28). The lowest BCUT2D eigenvalue weighted by Gasteiger charge is -2.31. The van der Waals surface area contributed by atoms with E-state index >= 15 is 0 Å². The van der Waals surface area contributed by atoms with Gasteiger partial charge < -0.3 is 14.7 Å². The van der Waals surface area contributed by atoms with Gasteiger partial charge in [0.1, 0.15) is 0 Å². The van der Waals surface area contributed by atoms with Crippen molar-refractivity contribution in [3.05, 3.63) is 65.5 Å². The molecule has 29 heavy (non-hydrogen) atoms. The van der Waals surface area contributed by atoms with Crippen molar-refractivity contribution in [2.24, 2.45) is 0 Å². The van der Waals surface area contributed by atoms with Gasteiger partial charge in [-0.05, 0) is 43.9 Å². The second kappa shape index (κ2) is 8.47. The number of amides is 2. The van der Waals surface area contributed by atoms with Gasteiger partial charge in [0, 0.05) is 24.3 Å². The van der Waals surface area contributed by atoms with E-state index in [4.69, 9.17) is 4.52 Å². The van der Waals surface area contributed by atoms with E-state index < -0.39 is 0 Å². The number of urea groups is 1. The number of anilines is 1. The van der Waals surface area contributed by atoms with Gasteiger partial charge in [0.15, 0.2) is 0 Å². The van der Waals surface area contributed by atoms with Crippen molar-refractivity contribution < 1.29 is 9.32 Å². The zero-order valence-corrected chi connectivity index (χ0v) is 16.9. The lowest BCUT2D eigenvalue weighted by atomic mass is 9.98. The summed E-state index contributed by atoms with van der Waals surface area (Å²) in [7, 11) is 0. The molecule has 150 valence electrons. The van der Waals surface area contributed by atoms with Crippen molar-refractivity contribution in [1.29, 1.82) is 0 Å². The second-order valence-electron chi connectivity index (χ2n) is 7.59. The van der Waals surface area contributed by atoms with Gasteiger partial charge in [-0.15, -0.1) is 0 Å². The van der Waals surface area contributed by atoms with Crippen LogP contribution < -0.4 is 5.32 Å². The molecule has 6 heteroatoms. The first kappa shape index (κ1) is 19.2. The minimum Gasteiger partial charge on any atom is -0.339 e. The van der Waals surface area contributed by atoms with Crippen molar-refractivity contribution in [2.75, 3.05) is 18.4 Å². The zero-order valence-electron chi connectivity index (χ0n) is 16.9. The molecular formula is C23H26N4O2. The van der Waals surface area contributed by atoms with E-state index in [2.05, 4.69) is 22.4 Å². The number of aryl methyl sites for hydroxylation is 2. The summed E-state index contributed by atoms with van der Waals surface area (Å²) in [5.41, 5.74) is 4.19. The predicted octanol–water partition coefficient (Wildman–Crippen LogP) is 5.02. The van der Waals surface area contributed by atoms with Crippen LogP contribution in [0.4, 0.5) is 10.5 Å². The van der Waals surface area contributed by atoms with Crippen molar-refractivity contribution in [2.45, 2.75) is 39.0 Å². The van der Waals surface area contributed by atoms with Crippen LogP contribution in [0.25, 0.3) is 11.4 Å². The summed E-state index contributed by atoms with van der Waals surface area (Å²) in [6.07, 6.45) is 2.83. The van der Waals surface area contributed by atoms with Gasteiger partial charge in [0.05, 0.1) is 5.92 Å². The van der Waals surface area contributed by atoms with Crippen LogP contribution in [0.2, 0.25) is 0 Å². The number of aromatic nitrogens is 2. The Kier molecular flexibility index (Phi) is 5.60. The number of nitrogens with one attached hydrogen (secondary N) is 1. The Morgan fingerprint density at radius 3 is 2.66 bits per heavy atom. The summed E-state index contributed by atoms with van der Waals surface area (Å²) in [6.45, 7) is 5.47. The van der Waals surface area contributed by atoms with Gasteiger partial charge in [-0.3, -0.25) is 0 Å². The molecule has 0 spiro atoms. The lowest BCUT2D eigenvalue weighted by Crippen LogP contribution is -2.41. The van der Waals surface area contributed by atoms with Crippen LogP contribution >= 0.6 is 0 Å². The van der Waals surface area contributed by atoms with Gasteiger partial charge in [0.2, 0.25) is 11.7 Å². The fourth-order valence-electron chi connectivity index (χ4n) is 3.61. The highest BCUT2D eigenvalue weighted by atomic mass is 16.5. The number of hydrogen-bond donors (Lipinski definition) is 1. The Morgan fingerprint density at radius 1 is 1.17 bits per heavy atom. The summed E-state index contributed by atoms with van der Waals surface area (Å²) in [4.78, 5) is 19.1. The second-order valence-corrected chi connectivity index (χ2v) is 7.59. The first-order valence-corrected chi connectivity index (χ1v) is 10.2. The minimum absolute atomic E-state index is 0.0589. The van der Waals surface area contributed by atoms with Gasteiger partial charge in [-0.25, -0.2) is 4.79 Å². The minimum atomic E-state index is -0.0859. The summed E-state index contributed by atoms with van der Waals surface area (Å²) < 4.78 is 5.54. The topological polar surface area (TPSA) is 71.3 Å². The van der Waals surface area contributed by atoms with Crippen LogP contribution in [-0.2, 0) is 6.42 Å². The molecule has 1 fully saturated rings. The number of nitrogens with zero attached hydrogens (tertiary/aromatic N) is 3. The molecule has 0 radical (unpaired) electrons. The maximum atomic E-state index is 12.7. The third-order valence-corrected chi connectivity index (χ3v) is 5.42. The number of benzene rings is 2. The van der Waals surface area contributed by atoms with E-state index in [9.17, 15) is 4.79 Å². The molecule has 2 amide bonds. The monoisotopic (exact) mass is 390 g/mol. The van der Waals surface area contributed by atoms with Crippen molar-refractivity contribution in [3.63, 3.8) is 0 Å². The number of rotatable bonds is 4. The van der Waals surface area contributed by atoms with Crippen LogP contribution in [-0.4, -0.2) is 34.2 Å². The molecule has 6 nitrogen and oxygen atoms in total. The summed E-state index contributed by atoms with van der Waals surface area (Å²) in [6, 6.07) is 15.9. The van der Waals surface area contributed by atoms with Gasteiger partial charge >= 0.3 is 6.03 Å². The normalized spacial score (nSPS) is 16.6. The van der Waals surface area contributed by atoms with E-state index in [1.165, 1.54) is 11.1 Å². The van der Waals surface area contributed by atoms with Crippen molar-refractivity contribution >= 4 is 11.7 Å². The molecular weight excluding hydrogens is 364 g/mol. The number of piperidine rings is 1. The van der Waals surface area contributed by atoms with Crippen LogP contribution in [0.1, 0.15) is 42.7 Å². The molecule has 1 N–H and O–H groups in total. The van der Waals surface area contributed by atoms with E-state index in [-0.39, 0.29) is 11.9 Å². The zero-order chi connectivity index (χ0) is 20.2. The molecule has 1 saturated heterocycles. The number of likely N-dealkylation sites (tertiary alicyclic amines) is 1. The number of carbonyl (C=O) groups is 1. The van der Waals surface area contributed by atoms with Gasteiger partial charge in [0.25, 0.3) is 0 Å². The summed E-state index contributed by atoms with van der Waals surface area (Å²) >= 11 is 0. The van der Waals surface area contributed by atoms with Crippen molar-refractivity contribution in [1.82, 2.24) is 15.0 Å². The summed E-state index contributed by atoms with van der Waals surface area (Å²) in [5.74, 6) is 1.26. The molecule has 0 bridgehead atoms. The third kappa shape index (κ3) is 4.47. The Hall–Kier alpha value is -3.15. The number of hydrogen-bond acceptors (Lipinski definition) is 4. The highest BCUT2D eigenvalue weighted by Crippen LogP contribution is 2.28. The molecule has 0 aliphatic carbocycles. The SMILES string of the molecule is CCc1ccc(NC(=O)N2CCCC(c3nc(-c4ccc(C)cc4)no3)C2)cc1. The Bertz CT molecular complexity index is 963. The Labute approximate surface area is 170 Å². The molecule has 1 aliphatic heterocycles. The molecule has 4 rings (SSSR count). The highest BCUT2D eigenvalue weighted by molar-refractivity contribution is 5.89. The maximum Gasteiger partial charge on any atom is 0.321 e. The Morgan fingerprint density at radius 2 is 1.93 bits per heavy atom. The van der Waals surface area contributed by atoms with Crippen LogP contribution in [0.15, 0.2) is 53.1 Å². The van der Waals surface area contributed by atoms with Crippen molar-refractivity contribution in [3.8, 4) is 11.4 Å². The van der Waals surface area contributed by atoms with E-state index in [0.29, 0.717) is 18.3 Å². The van der Waals surface area contributed by atoms with Crippen LogP contribution in [0.5, 0.6) is 0 Å². The van der Waals surface area contributed by atoms with E-state index in [1.807, 2.05) is 60.4 Å². The molecule has 0 saturated carbocycles. The fraction of sp³-hybridized carbons (Fsp3) is 0.348. The molecule has 1 aromatic heterocycles. The summed E-state index contributed by atoms with van der Waals surface area (Å²) in [5, 5.41) is 7.13. The lowest BCUT2D eigenvalue weighted by molar-refractivity contribution is 0.184. The average Bonchev–Trinajstić information content (AvgIpc) is 3.25. The van der Waals surface area contributed by atoms with E-state index in [1.54, 1.807) is 0 Å². The van der Waals surface area contributed by atoms with Gasteiger partial charge in [-0.2, -0.15) is 4.98 Å². The molecule has 1 unspecified atom stereocenters. The molecule has 2 aromatic carbocycles. The smallest absolute Gasteiger partial charge is 0.321 e. The molecule has 2 heterocycles. The molecule has 3 aromatic rings. The number of carbonyl (C=O) groups excluding carboxylic acids is 1. The fourth-order valence-corrected chi connectivity index (χ4v) is 3.61. The molecule has 1 atom stereocenters. The van der Waals surface area contributed by atoms with Crippen LogP contribution in [0, 0.1) is 6.92 Å². The van der Waals surface area contributed by atoms with E-state index in [0.717, 1.165) is 37.1 Å². The first-order valence-electron chi connectivity index (χ1n) is 10.2. The average molecular weight is 390 g/mol. The quantitative estimate of drug-likeness (QED) is 0.679. The Balaban J connectivity index is 1.41. The first-order chi connectivity index (χ1) is 14.1. The third-order valence-electron chi connectivity index (χ3n) is 5.42. The highest BCUT2D eigenvalue weighted by Gasteiger charge is 2.28. The molecule has 1 aliphatic rings. The predicted molar refractivity (Wildman–Crippen MR) is 113 cm³/mol. The largest absolute Gasteiger partial charge is 0.339 e. The van der Waals surface area contributed by atoms with Crippen LogP contribution in [0.3, 0.4) is 0 Å². The maximum absolute atomic E-state index is 12.7. The van der Waals surface area contributed by atoms with Gasteiger partial charge in [-0.1, -0.05) is 54.0 Å².